The predicted molar refractivity (Wildman–Crippen MR) is 66.9 cm³/mol. The number of anilines is 1. The van der Waals surface area contributed by atoms with Crippen LogP contribution in [0, 0.1) is 5.41 Å². The Kier molecular flexibility index (Phi) is 3.62. The van der Waals surface area contributed by atoms with Gasteiger partial charge in [0.1, 0.15) is 5.15 Å². The van der Waals surface area contributed by atoms with Gasteiger partial charge in [-0.25, -0.2) is 4.98 Å². The quantitative estimate of drug-likeness (QED) is 0.881. The maximum atomic E-state index is 12.2. The Labute approximate surface area is 106 Å². The lowest BCUT2D eigenvalue weighted by Gasteiger charge is -2.31. The number of hydrogen-bond donors (Lipinski definition) is 1. The summed E-state index contributed by atoms with van der Waals surface area (Å²) in [5.41, 5.74) is -0.276. The molecule has 1 aromatic heterocycles. The van der Waals surface area contributed by atoms with Crippen molar-refractivity contribution in [1.29, 1.82) is 0 Å². The summed E-state index contributed by atoms with van der Waals surface area (Å²) in [5, 5.41) is 3.08. The first-order valence-corrected chi connectivity index (χ1v) is 6.27. The number of nitrogens with one attached hydrogen (secondary N) is 1. The summed E-state index contributed by atoms with van der Waals surface area (Å²) >= 11 is 5.72. The topological polar surface area (TPSA) is 54.9 Å². The minimum Gasteiger partial charge on any atom is -0.309 e. The fourth-order valence-corrected chi connectivity index (χ4v) is 2.38. The van der Waals surface area contributed by atoms with Crippen LogP contribution in [-0.4, -0.2) is 15.9 Å². The van der Waals surface area contributed by atoms with E-state index in [1.165, 1.54) is 18.8 Å². The molecule has 0 aromatic carbocycles. The molecule has 5 heteroatoms. The van der Waals surface area contributed by atoms with E-state index < -0.39 is 0 Å². The average Bonchev–Trinajstić information content (AvgIpc) is 2.30. The largest absolute Gasteiger partial charge is 0.309 e. The number of amides is 1. The second-order valence-corrected chi connectivity index (χ2v) is 5.19. The molecule has 17 heavy (non-hydrogen) atoms. The smallest absolute Gasteiger partial charge is 0.231 e. The third-order valence-electron chi connectivity index (χ3n) is 3.35. The summed E-state index contributed by atoms with van der Waals surface area (Å²) in [6.07, 6.45) is 8.28. The number of halogens is 1. The maximum Gasteiger partial charge on any atom is 0.231 e. The van der Waals surface area contributed by atoms with E-state index in [0.717, 1.165) is 25.7 Å². The molecule has 1 fully saturated rings. The number of rotatable bonds is 2. The molecule has 1 N–H and O–H groups in total. The molecule has 1 aromatic rings. The summed E-state index contributed by atoms with van der Waals surface area (Å²) in [4.78, 5) is 20.1. The van der Waals surface area contributed by atoms with Crippen molar-refractivity contribution in [2.45, 2.75) is 39.0 Å². The molecule has 2 rings (SSSR count). The Hall–Kier alpha value is -1.16. The van der Waals surface area contributed by atoms with E-state index in [9.17, 15) is 4.79 Å². The summed E-state index contributed by atoms with van der Waals surface area (Å²) in [6.45, 7) is 2.01. The van der Waals surface area contributed by atoms with E-state index in [2.05, 4.69) is 15.3 Å². The van der Waals surface area contributed by atoms with E-state index in [-0.39, 0.29) is 16.5 Å². The standard InChI is InChI=1S/C12H16ClN3O/c1-12(5-3-2-4-6-12)11(17)16-10-8-14-7-9(13)15-10/h7-8H,2-6H2,1H3,(H,15,16,17). The molecule has 1 saturated carbocycles. The summed E-state index contributed by atoms with van der Waals surface area (Å²) in [7, 11) is 0. The van der Waals surface area contributed by atoms with Gasteiger partial charge in [0.05, 0.1) is 12.4 Å². The van der Waals surface area contributed by atoms with Crippen LogP contribution >= 0.6 is 11.6 Å². The first-order chi connectivity index (χ1) is 8.10. The zero-order valence-corrected chi connectivity index (χ0v) is 10.6. The third-order valence-corrected chi connectivity index (χ3v) is 3.53. The number of carbonyl (C=O) groups excluding carboxylic acids is 1. The zero-order valence-electron chi connectivity index (χ0n) is 9.87. The van der Waals surface area contributed by atoms with Crippen LogP contribution in [0.5, 0.6) is 0 Å². The molecule has 92 valence electrons. The highest BCUT2D eigenvalue weighted by Crippen LogP contribution is 2.36. The first kappa shape index (κ1) is 12.3. The van der Waals surface area contributed by atoms with Gasteiger partial charge in [0.25, 0.3) is 0 Å². The average molecular weight is 254 g/mol. The van der Waals surface area contributed by atoms with Crippen LogP contribution in [0.4, 0.5) is 5.82 Å². The van der Waals surface area contributed by atoms with Crippen LogP contribution in [-0.2, 0) is 4.79 Å². The van der Waals surface area contributed by atoms with Gasteiger partial charge < -0.3 is 5.32 Å². The zero-order chi connectivity index (χ0) is 12.3. The molecule has 0 spiro atoms. The number of aromatic nitrogens is 2. The molecular weight excluding hydrogens is 238 g/mol. The van der Waals surface area contributed by atoms with E-state index in [0.29, 0.717) is 5.82 Å². The van der Waals surface area contributed by atoms with Gasteiger partial charge in [0.15, 0.2) is 5.82 Å². The van der Waals surface area contributed by atoms with E-state index in [4.69, 9.17) is 11.6 Å². The highest BCUT2D eigenvalue weighted by atomic mass is 35.5. The van der Waals surface area contributed by atoms with Gasteiger partial charge in [0, 0.05) is 5.41 Å². The Morgan fingerprint density at radius 3 is 2.71 bits per heavy atom. The van der Waals surface area contributed by atoms with E-state index in [1.807, 2.05) is 6.92 Å². The molecule has 0 unspecified atom stereocenters. The molecule has 1 aliphatic rings. The van der Waals surface area contributed by atoms with Crippen molar-refractivity contribution in [3.05, 3.63) is 17.5 Å². The molecule has 1 heterocycles. The highest BCUT2D eigenvalue weighted by Gasteiger charge is 2.34. The molecular formula is C12H16ClN3O. The Balaban J connectivity index is 2.05. The van der Waals surface area contributed by atoms with Crippen LogP contribution < -0.4 is 5.32 Å². The molecule has 0 aliphatic heterocycles. The number of hydrogen-bond acceptors (Lipinski definition) is 3. The Bertz CT molecular complexity index is 416. The second kappa shape index (κ2) is 5.00. The summed E-state index contributed by atoms with van der Waals surface area (Å²) < 4.78 is 0. The van der Waals surface area contributed by atoms with Gasteiger partial charge in [-0.2, -0.15) is 0 Å². The SMILES string of the molecule is CC1(C(=O)Nc2cncc(Cl)n2)CCCCC1. The Morgan fingerprint density at radius 1 is 1.35 bits per heavy atom. The molecule has 0 bridgehead atoms. The highest BCUT2D eigenvalue weighted by molar-refractivity contribution is 6.29. The normalized spacial score (nSPS) is 18.7. The summed E-state index contributed by atoms with van der Waals surface area (Å²) in [5.74, 6) is 0.447. The van der Waals surface area contributed by atoms with Gasteiger partial charge >= 0.3 is 0 Å². The van der Waals surface area contributed by atoms with Crippen molar-refractivity contribution in [3.63, 3.8) is 0 Å². The molecule has 4 nitrogen and oxygen atoms in total. The van der Waals surface area contributed by atoms with Crippen molar-refractivity contribution in [2.24, 2.45) is 5.41 Å². The van der Waals surface area contributed by atoms with Gasteiger partial charge in [-0.05, 0) is 12.8 Å². The molecule has 0 saturated heterocycles. The number of nitrogens with zero attached hydrogens (tertiary/aromatic N) is 2. The third kappa shape index (κ3) is 2.94. The Morgan fingerprint density at radius 2 is 2.06 bits per heavy atom. The fraction of sp³-hybridized carbons (Fsp3) is 0.583. The first-order valence-electron chi connectivity index (χ1n) is 5.89. The van der Waals surface area contributed by atoms with Crippen molar-refractivity contribution >= 4 is 23.3 Å². The van der Waals surface area contributed by atoms with Crippen molar-refractivity contribution in [3.8, 4) is 0 Å². The maximum absolute atomic E-state index is 12.2. The molecule has 1 aliphatic carbocycles. The van der Waals surface area contributed by atoms with Crippen molar-refractivity contribution < 1.29 is 4.79 Å². The van der Waals surface area contributed by atoms with Gasteiger partial charge in [-0.1, -0.05) is 37.8 Å². The number of carbonyl (C=O) groups is 1. The summed E-state index contributed by atoms with van der Waals surface area (Å²) in [6, 6.07) is 0. The van der Waals surface area contributed by atoms with Crippen LogP contribution in [0.2, 0.25) is 5.15 Å². The van der Waals surface area contributed by atoms with Gasteiger partial charge in [0.2, 0.25) is 5.91 Å². The van der Waals surface area contributed by atoms with Crippen LogP contribution in [0.15, 0.2) is 12.4 Å². The monoisotopic (exact) mass is 253 g/mol. The second-order valence-electron chi connectivity index (χ2n) is 4.80. The predicted octanol–water partition coefficient (Wildman–Crippen LogP) is 3.04. The fourth-order valence-electron chi connectivity index (χ4n) is 2.23. The van der Waals surface area contributed by atoms with Crippen LogP contribution in [0.25, 0.3) is 0 Å². The van der Waals surface area contributed by atoms with E-state index >= 15 is 0 Å². The molecule has 0 atom stereocenters. The molecule has 1 amide bonds. The van der Waals surface area contributed by atoms with Gasteiger partial charge in [-0.3, -0.25) is 9.78 Å². The minimum absolute atomic E-state index is 0.0220. The van der Waals surface area contributed by atoms with Crippen molar-refractivity contribution in [1.82, 2.24) is 9.97 Å². The van der Waals surface area contributed by atoms with Crippen LogP contribution in [0.1, 0.15) is 39.0 Å². The lowest BCUT2D eigenvalue weighted by Crippen LogP contribution is -2.35. The van der Waals surface area contributed by atoms with Crippen molar-refractivity contribution in [2.75, 3.05) is 5.32 Å². The molecule has 0 radical (unpaired) electrons. The minimum atomic E-state index is -0.276. The lowest BCUT2D eigenvalue weighted by molar-refractivity contribution is -0.126. The van der Waals surface area contributed by atoms with E-state index in [1.54, 1.807) is 0 Å². The van der Waals surface area contributed by atoms with Crippen LogP contribution in [0.3, 0.4) is 0 Å². The lowest BCUT2D eigenvalue weighted by atomic mass is 9.75. The van der Waals surface area contributed by atoms with Gasteiger partial charge in [-0.15, -0.1) is 0 Å².